The minimum absolute atomic E-state index is 0.00535. The van der Waals surface area contributed by atoms with E-state index >= 15 is 0 Å². The van der Waals surface area contributed by atoms with Crippen LogP contribution >= 0.6 is 0 Å². The third kappa shape index (κ3) is 3.99. The van der Waals surface area contributed by atoms with Gasteiger partial charge in [0.2, 0.25) is 15.9 Å². The van der Waals surface area contributed by atoms with Crippen LogP contribution in [-0.4, -0.2) is 51.1 Å². The molecule has 3 rings (SSSR count). The summed E-state index contributed by atoms with van der Waals surface area (Å²) in [4.78, 5) is 3.76. The summed E-state index contributed by atoms with van der Waals surface area (Å²) in [7, 11) is -0.971. The van der Waals surface area contributed by atoms with Crippen molar-refractivity contribution in [2.75, 3.05) is 27.3 Å². The molecule has 0 radical (unpaired) electrons. The Morgan fingerprint density at radius 1 is 1.07 bits per heavy atom. The van der Waals surface area contributed by atoms with Crippen LogP contribution in [0.1, 0.15) is 5.56 Å². The molecular formula is C17H17F3N2O5S. The maximum atomic E-state index is 12.7. The van der Waals surface area contributed by atoms with E-state index in [0.29, 0.717) is 5.75 Å². The summed E-state index contributed by atoms with van der Waals surface area (Å²) >= 11 is 0. The van der Waals surface area contributed by atoms with E-state index in [9.17, 15) is 21.6 Å². The topological polar surface area (TPSA) is 78.0 Å². The van der Waals surface area contributed by atoms with Gasteiger partial charge in [-0.25, -0.2) is 13.4 Å². The molecule has 1 saturated heterocycles. The smallest absolute Gasteiger partial charge is 0.416 e. The zero-order valence-electron chi connectivity index (χ0n) is 14.9. The van der Waals surface area contributed by atoms with Crippen molar-refractivity contribution in [3.8, 4) is 17.4 Å². The van der Waals surface area contributed by atoms with Crippen LogP contribution in [0.3, 0.4) is 0 Å². The SMILES string of the molecule is COc1ccc(S(=O)(=O)N2CC(Oc3cc(C(F)(F)F)ccn3)C2)cc1OC. The van der Waals surface area contributed by atoms with Crippen LogP contribution in [0.5, 0.6) is 17.4 Å². The third-order valence-electron chi connectivity index (χ3n) is 4.16. The molecule has 11 heteroatoms. The summed E-state index contributed by atoms with van der Waals surface area (Å²) in [5, 5.41) is 0. The first kappa shape index (κ1) is 20.2. The highest BCUT2D eigenvalue weighted by atomic mass is 32.2. The number of alkyl halides is 3. The molecule has 0 saturated carbocycles. The number of halogens is 3. The molecule has 7 nitrogen and oxygen atoms in total. The van der Waals surface area contributed by atoms with Crippen molar-refractivity contribution in [2.45, 2.75) is 17.2 Å². The van der Waals surface area contributed by atoms with Gasteiger partial charge in [-0.1, -0.05) is 0 Å². The van der Waals surface area contributed by atoms with E-state index in [2.05, 4.69) is 4.98 Å². The lowest BCUT2D eigenvalue weighted by atomic mass is 10.2. The van der Waals surface area contributed by atoms with Gasteiger partial charge in [0, 0.05) is 18.3 Å². The Kier molecular flexibility index (Phi) is 5.39. The minimum atomic E-state index is -4.51. The molecule has 0 unspecified atom stereocenters. The van der Waals surface area contributed by atoms with Crippen molar-refractivity contribution < 1.29 is 35.8 Å². The fraction of sp³-hybridized carbons (Fsp3) is 0.353. The predicted octanol–water partition coefficient (Wildman–Crippen LogP) is 2.57. The van der Waals surface area contributed by atoms with Crippen molar-refractivity contribution >= 4 is 10.0 Å². The lowest BCUT2D eigenvalue weighted by Gasteiger charge is -2.37. The highest BCUT2D eigenvalue weighted by molar-refractivity contribution is 7.89. The number of nitrogens with zero attached hydrogens (tertiary/aromatic N) is 2. The van der Waals surface area contributed by atoms with Gasteiger partial charge in [-0.2, -0.15) is 17.5 Å². The average Bonchev–Trinajstić information content (AvgIpc) is 2.63. The Balaban J connectivity index is 1.68. The predicted molar refractivity (Wildman–Crippen MR) is 92.0 cm³/mol. The molecule has 28 heavy (non-hydrogen) atoms. The molecule has 1 aliphatic rings. The molecular weight excluding hydrogens is 401 g/mol. The maximum absolute atomic E-state index is 12.7. The van der Waals surface area contributed by atoms with E-state index in [1.165, 1.54) is 32.4 Å². The molecule has 0 spiro atoms. The monoisotopic (exact) mass is 418 g/mol. The molecule has 0 amide bonds. The summed E-state index contributed by atoms with van der Waals surface area (Å²) in [6, 6.07) is 5.83. The molecule has 1 fully saturated rings. The lowest BCUT2D eigenvalue weighted by molar-refractivity contribution is -0.137. The number of methoxy groups -OCH3 is 2. The van der Waals surface area contributed by atoms with Crippen LogP contribution < -0.4 is 14.2 Å². The maximum Gasteiger partial charge on any atom is 0.416 e. The summed E-state index contributed by atoms with van der Waals surface area (Å²) in [6.07, 6.45) is -4.11. The first-order chi connectivity index (χ1) is 13.1. The van der Waals surface area contributed by atoms with Crippen LogP contribution in [0, 0.1) is 0 Å². The van der Waals surface area contributed by atoms with Crippen LogP contribution in [0.25, 0.3) is 0 Å². The van der Waals surface area contributed by atoms with Gasteiger partial charge in [-0.15, -0.1) is 0 Å². The molecule has 1 aliphatic heterocycles. The number of rotatable bonds is 6. The number of aromatic nitrogens is 1. The van der Waals surface area contributed by atoms with Gasteiger partial charge in [0.05, 0.1) is 37.8 Å². The number of hydrogen-bond donors (Lipinski definition) is 0. The number of hydrogen-bond acceptors (Lipinski definition) is 6. The van der Waals surface area contributed by atoms with Crippen molar-refractivity contribution in [3.63, 3.8) is 0 Å². The molecule has 0 N–H and O–H groups in total. The third-order valence-corrected chi connectivity index (χ3v) is 5.98. The quantitative estimate of drug-likeness (QED) is 0.718. The van der Waals surface area contributed by atoms with Gasteiger partial charge < -0.3 is 14.2 Å². The molecule has 2 aromatic rings. The summed E-state index contributed by atoms with van der Waals surface area (Å²) in [5.41, 5.74) is -0.883. The molecule has 0 aliphatic carbocycles. The average molecular weight is 418 g/mol. The Morgan fingerprint density at radius 2 is 1.75 bits per heavy atom. The molecule has 1 aromatic heterocycles. The van der Waals surface area contributed by atoms with Gasteiger partial charge in [0.25, 0.3) is 0 Å². The van der Waals surface area contributed by atoms with E-state index in [1.807, 2.05) is 0 Å². The van der Waals surface area contributed by atoms with E-state index in [4.69, 9.17) is 14.2 Å². The summed E-state index contributed by atoms with van der Waals surface area (Å²) < 4.78 is 80.3. The fourth-order valence-corrected chi connectivity index (χ4v) is 4.14. The van der Waals surface area contributed by atoms with E-state index in [1.54, 1.807) is 0 Å². The van der Waals surface area contributed by atoms with Crippen LogP contribution in [0.4, 0.5) is 13.2 Å². The minimum Gasteiger partial charge on any atom is -0.493 e. The highest BCUT2D eigenvalue weighted by Gasteiger charge is 2.39. The Bertz CT molecular complexity index is 960. The van der Waals surface area contributed by atoms with E-state index < -0.39 is 27.9 Å². The van der Waals surface area contributed by atoms with Crippen LogP contribution in [0.2, 0.25) is 0 Å². The van der Waals surface area contributed by atoms with E-state index in [0.717, 1.165) is 22.6 Å². The van der Waals surface area contributed by atoms with Gasteiger partial charge in [-0.05, 0) is 18.2 Å². The molecule has 0 atom stereocenters. The van der Waals surface area contributed by atoms with Gasteiger partial charge in [0.15, 0.2) is 11.5 Å². The lowest BCUT2D eigenvalue weighted by Crippen LogP contribution is -2.56. The van der Waals surface area contributed by atoms with Crippen molar-refractivity contribution in [3.05, 3.63) is 42.1 Å². The zero-order valence-corrected chi connectivity index (χ0v) is 15.7. The summed E-state index contributed by atoms with van der Waals surface area (Å²) in [6.45, 7) is -0.0107. The second-order valence-electron chi connectivity index (χ2n) is 5.96. The number of benzene rings is 1. The Labute approximate surface area is 159 Å². The Hall–Kier alpha value is -2.53. The highest BCUT2D eigenvalue weighted by Crippen LogP contribution is 2.33. The zero-order chi connectivity index (χ0) is 20.5. The molecule has 0 bridgehead atoms. The van der Waals surface area contributed by atoms with Crippen LogP contribution in [0.15, 0.2) is 41.4 Å². The first-order valence-corrected chi connectivity index (χ1v) is 9.51. The normalized spacial score (nSPS) is 15.8. The van der Waals surface area contributed by atoms with Gasteiger partial charge in [0.1, 0.15) is 6.10 Å². The van der Waals surface area contributed by atoms with Gasteiger partial charge >= 0.3 is 6.18 Å². The largest absolute Gasteiger partial charge is 0.493 e. The fourth-order valence-electron chi connectivity index (χ4n) is 2.62. The standard InChI is InChI=1S/C17H17F3N2O5S/c1-25-14-4-3-13(8-15(14)26-2)28(23,24)22-9-12(10-22)27-16-7-11(5-6-21-16)17(18,19)20/h3-8,12H,9-10H2,1-2H3. The molecule has 2 heterocycles. The summed E-state index contributed by atoms with van der Waals surface area (Å²) in [5.74, 6) is 0.454. The molecule has 152 valence electrons. The van der Waals surface area contributed by atoms with E-state index in [-0.39, 0.29) is 29.6 Å². The first-order valence-electron chi connectivity index (χ1n) is 8.07. The molecule has 1 aromatic carbocycles. The van der Waals surface area contributed by atoms with Crippen molar-refractivity contribution in [2.24, 2.45) is 0 Å². The number of pyridine rings is 1. The van der Waals surface area contributed by atoms with Crippen molar-refractivity contribution in [1.82, 2.24) is 9.29 Å². The second kappa shape index (κ2) is 7.47. The van der Waals surface area contributed by atoms with Gasteiger partial charge in [-0.3, -0.25) is 0 Å². The van der Waals surface area contributed by atoms with Crippen LogP contribution in [-0.2, 0) is 16.2 Å². The number of ether oxygens (including phenoxy) is 3. The van der Waals surface area contributed by atoms with Crippen molar-refractivity contribution in [1.29, 1.82) is 0 Å². The number of sulfonamides is 1. The second-order valence-corrected chi connectivity index (χ2v) is 7.90. The Morgan fingerprint density at radius 3 is 2.36 bits per heavy atom.